The lowest BCUT2D eigenvalue weighted by molar-refractivity contribution is 0.0770. The summed E-state index contributed by atoms with van der Waals surface area (Å²) in [6.07, 6.45) is 5.04. The van der Waals surface area contributed by atoms with Gasteiger partial charge in [-0.1, -0.05) is 44.5 Å². The summed E-state index contributed by atoms with van der Waals surface area (Å²) >= 11 is 6.04. The number of carbonyl (C=O) groups is 1. The van der Waals surface area contributed by atoms with Gasteiger partial charge >= 0.3 is 0 Å². The van der Waals surface area contributed by atoms with Crippen LogP contribution in [0.3, 0.4) is 0 Å². The van der Waals surface area contributed by atoms with Gasteiger partial charge in [0.1, 0.15) is 5.15 Å². The number of amides is 1. The van der Waals surface area contributed by atoms with Gasteiger partial charge in [0.05, 0.1) is 0 Å². The number of halogens is 1. The van der Waals surface area contributed by atoms with Crippen molar-refractivity contribution in [3.8, 4) is 0 Å². The molecule has 0 radical (unpaired) electrons. The lowest BCUT2D eigenvalue weighted by Crippen LogP contribution is -2.34. The van der Waals surface area contributed by atoms with E-state index in [9.17, 15) is 4.79 Å². The second kappa shape index (κ2) is 5.33. The zero-order chi connectivity index (χ0) is 14.0. The fraction of sp³-hybridized carbons (Fsp3) is 0.467. The van der Waals surface area contributed by atoms with E-state index in [1.54, 1.807) is 6.07 Å². The molecule has 3 nitrogen and oxygen atoms in total. The minimum Gasteiger partial charge on any atom is -0.335 e. The van der Waals surface area contributed by atoms with Crippen molar-refractivity contribution in [1.29, 1.82) is 0 Å². The molecule has 102 valence electrons. The van der Waals surface area contributed by atoms with E-state index in [0.717, 1.165) is 18.7 Å². The van der Waals surface area contributed by atoms with Crippen LogP contribution in [0.15, 0.2) is 24.3 Å². The molecule has 0 N–H and O–H groups in total. The van der Waals surface area contributed by atoms with E-state index >= 15 is 0 Å². The first-order valence-electron chi connectivity index (χ1n) is 6.50. The van der Waals surface area contributed by atoms with Crippen molar-refractivity contribution in [3.05, 3.63) is 40.7 Å². The molecule has 0 unspecified atom stereocenters. The van der Waals surface area contributed by atoms with E-state index in [0.29, 0.717) is 17.3 Å². The molecule has 0 spiro atoms. The fourth-order valence-electron chi connectivity index (χ4n) is 2.01. The Kier molecular flexibility index (Phi) is 3.95. The van der Waals surface area contributed by atoms with Gasteiger partial charge in [0.2, 0.25) is 0 Å². The normalized spacial score (nSPS) is 15.7. The summed E-state index contributed by atoms with van der Waals surface area (Å²) in [5.74, 6) is 0.0270. The Hall–Kier alpha value is -1.35. The number of hydrogen-bond acceptors (Lipinski definition) is 2. The van der Waals surface area contributed by atoms with Crippen LogP contribution in [0, 0.1) is 0 Å². The summed E-state index contributed by atoms with van der Waals surface area (Å²) in [5.41, 5.74) is 1.35. The van der Waals surface area contributed by atoms with Crippen molar-refractivity contribution in [1.82, 2.24) is 9.88 Å². The molecule has 0 saturated carbocycles. The lowest BCUT2D eigenvalue weighted by atomic mass is 9.90. The molecular weight excluding hydrogens is 260 g/mol. The Bertz CT molecular complexity index is 517. The van der Waals surface area contributed by atoms with Crippen LogP contribution in [0.2, 0.25) is 5.15 Å². The highest BCUT2D eigenvalue weighted by Gasteiger charge is 2.21. The van der Waals surface area contributed by atoms with Gasteiger partial charge in [-0.2, -0.15) is 0 Å². The maximum absolute atomic E-state index is 12.4. The van der Waals surface area contributed by atoms with Crippen LogP contribution in [0.4, 0.5) is 0 Å². The Morgan fingerprint density at radius 2 is 2.05 bits per heavy atom. The van der Waals surface area contributed by atoms with Crippen LogP contribution in [-0.2, 0) is 5.41 Å². The zero-order valence-electron chi connectivity index (χ0n) is 11.6. The predicted octanol–water partition coefficient (Wildman–Crippen LogP) is 3.43. The number of aromatic nitrogens is 1. The average Bonchev–Trinajstić information content (AvgIpc) is 2.37. The van der Waals surface area contributed by atoms with Crippen molar-refractivity contribution in [2.45, 2.75) is 32.6 Å². The summed E-state index contributed by atoms with van der Waals surface area (Å²) in [7, 11) is 0. The molecular formula is C15H19ClN2O. The predicted molar refractivity (Wildman–Crippen MR) is 77.6 cm³/mol. The van der Waals surface area contributed by atoms with Crippen molar-refractivity contribution in [2.24, 2.45) is 0 Å². The third-order valence-electron chi connectivity index (χ3n) is 3.15. The van der Waals surface area contributed by atoms with Crippen molar-refractivity contribution in [2.75, 3.05) is 13.1 Å². The molecule has 1 aromatic heterocycles. The summed E-state index contributed by atoms with van der Waals surface area (Å²) in [6.45, 7) is 7.61. The summed E-state index contributed by atoms with van der Waals surface area (Å²) < 4.78 is 0. The number of rotatable bonds is 1. The Morgan fingerprint density at radius 1 is 1.32 bits per heavy atom. The molecule has 0 aromatic carbocycles. The molecule has 0 aliphatic carbocycles. The third-order valence-corrected chi connectivity index (χ3v) is 3.35. The van der Waals surface area contributed by atoms with Crippen LogP contribution in [0.25, 0.3) is 0 Å². The molecule has 0 saturated heterocycles. The van der Waals surface area contributed by atoms with Crippen LogP contribution in [0.1, 0.15) is 43.2 Å². The second-order valence-corrected chi connectivity index (χ2v) is 6.21. The highest BCUT2D eigenvalue weighted by Crippen LogP contribution is 2.24. The van der Waals surface area contributed by atoms with Gasteiger partial charge in [-0.15, -0.1) is 0 Å². The van der Waals surface area contributed by atoms with Gasteiger partial charge in [0.15, 0.2) is 0 Å². The van der Waals surface area contributed by atoms with E-state index < -0.39 is 0 Å². The minimum atomic E-state index is -0.123. The van der Waals surface area contributed by atoms with Crippen LogP contribution in [-0.4, -0.2) is 28.9 Å². The van der Waals surface area contributed by atoms with E-state index in [-0.39, 0.29) is 11.3 Å². The second-order valence-electron chi connectivity index (χ2n) is 5.83. The summed E-state index contributed by atoms with van der Waals surface area (Å²) in [4.78, 5) is 18.6. The number of carbonyl (C=O) groups excluding carboxylic acids is 1. The molecule has 2 rings (SSSR count). The lowest BCUT2D eigenvalue weighted by Gasteiger charge is -2.24. The minimum absolute atomic E-state index is 0.0270. The number of pyridine rings is 1. The highest BCUT2D eigenvalue weighted by molar-refractivity contribution is 6.29. The van der Waals surface area contributed by atoms with Gasteiger partial charge in [-0.3, -0.25) is 4.79 Å². The first-order chi connectivity index (χ1) is 8.88. The first kappa shape index (κ1) is 14.1. The summed E-state index contributed by atoms with van der Waals surface area (Å²) in [5, 5.41) is 0.378. The molecule has 1 aromatic rings. The molecule has 1 aliphatic heterocycles. The van der Waals surface area contributed by atoms with E-state index in [4.69, 9.17) is 11.6 Å². The fourth-order valence-corrected chi connectivity index (χ4v) is 2.22. The monoisotopic (exact) mass is 278 g/mol. The Labute approximate surface area is 119 Å². The molecule has 2 heterocycles. The quantitative estimate of drug-likeness (QED) is 0.582. The first-order valence-corrected chi connectivity index (χ1v) is 6.88. The number of hydrogen-bond donors (Lipinski definition) is 0. The van der Waals surface area contributed by atoms with Gasteiger partial charge < -0.3 is 4.90 Å². The Balaban J connectivity index is 2.31. The van der Waals surface area contributed by atoms with E-state index in [1.807, 2.05) is 17.0 Å². The molecule has 1 aliphatic rings. The number of nitrogens with zero attached hydrogens (tertiary/aromatic N) is 2. The van der Waals surface area contributed by atoms with Crippen molar-refractivity contribution < 1.29 is 4.79 Å². The molecule has 0 fully saturated rings. The van der Waals surface area contributed by atoms with Gasteiger partial charge in [-0.05, 0) is 18.6 Å². The highest BCUT2D eigenvalue weighted by atomic mass is 35.5. The van der Waals surface area contributed by atoms with Crippen molar-refractivity contribution >= 4 is 17.5 Å². The molecule has 0 bridgehead atoms. The van der Waals surface area contributed by atoms with Crippen molar-refractivity contribution in [3.63, 3.8) is 0 Å². The average molecular weight is 279 g/mol. The smallest absolute Gasteiger partial charge is 0.254 e. The topological polar surface area (TPSA) is 33.2 Å². The maximum atomic E-state index is 12.4. The zero-order valence-corrected chi connectivity index (χ0v) is 12.4. The van der Waals surface area contributed by atoms with Gasteiger partial charge in [0.25, 0.3) is 5.91 Å². The SMILES string of the molecule is CC(C)(C)c1cc(C(=O)N2CC=CCC2)cc(Cl)n1. The van der Waals surface area contributed by atoms with Crippen LogP contribution >= 0.6 is 11.6 Å². The maximum Gasteiger partial charge on any atom is 0.254 e. The summed E-state index contributed by atoms with van der Waals surface area (Å²) in [6, 6.07) is 3.50. The standard InChI is InChI=1S/C15H19ClN2O/c1-15(2,3)12-9-11(10-13(16)17-12)14(19)18-7-5-4-6-8-18/h4-5,9-10H,6-8H2,1-3H3. The van der Waals surface area contributed by atoms with Crippen LogP contribution in [0.5, 0.6) is 0 Å². The molecule has 1 amide bonds. The van der Waals surface area contributed by atoms with E-state index in [1.165, 1.54) is 0 Å². The largest absolute Gasteiger partial charge is 0.335 e. The molecule has 0 atom stereocenters. The molecule has 19 heavy (non-hydrogen) atoms. The molecule has 4 heteroatoms. The van der Waals surface area contributed by atoms with Gasteiger partial charge in [-0.25, -0.2) is 4.98 Å². The third kappa shape index (κ3) is 3.35. The Morgan fingerprint density at radius 3 is 2.63 bits per heavy atom. The van der Waals surface area contributed by atoms with E-state index in [2.05, 4.69) is 31.8 Å². The van der Waals surface area contributed by atoms with Gasteiger partial charge in [0, 0.05) is 29.8 Å². The van der Waals surface area contributed by atoms with Crippen LogP contribution < -0.4 is 0 Å².